The molecule has 27 heavy (non-hydrogen) atoms. The van der Waals surface area contributed by atoms with E-state index in [1.807, 2.05) is 0 Å². The number of carbonyl (C=O) groups is 1. The number of hydrogen-bond acceptors (Lipinski definition) is 7. The molecule has 1 aliphatic heterocycles. The fourth-order valence-electron chi connectivity index (χ4n) is 2.91. The highest BCUT2D eigenvalue weighted by Crippen LogP contribution is 2.35. The Labute approximate surface area is 149 Å². The first-order valence-corrected chi connectivity index (χ1v) is 7.97. The molecule has 0 unspecified atom stereocenters. The minimum Gasteiger partial charge on any atom is -0.383 e. The first kappa shape index (κ1) is 17.1. The molecule has 1 atom stereocenters. The van der Waals surface area contributed by atoms with Gasteiger partial charge in [-0.25, -0.2) is 24.5 Å². The summed E-state index contributed by atoms with van der Waals surface area (Å²) in [7, 11) is 0. The second-order valence-corrected chi connectivity index (χ2v) is 6.12. The lowest BCUT2D eigenvalue weighted by atomic mass is 10.1. The van der Waals surface area contributed by atoms with E-state index in [-0.39, 0.29) is 46.8 Å². The third-order valence-corrected chi connectivity index (χ3v) is 4.25. The summed E-state index contributed by atoms with van der Waals surface area (Å²) >= 11 is 0. The van der Waals surface area contributed by atoms with Crippen LogP contribution in [0.4, 0.5) is 24.8 Å². The molecule has 0 radical (unpaired) electrons. The summed E-state index contributed by atoms with van der Waals surface area (Å²) < 4.78 is 39.2. The van der Waals surface area contributed by atoms with Gasteiger partial charge in [0, 0.05) is 18.4 Å². The van der Waals surface area contributed by atoms with Crippen LogP contribution in [-0.4, -0.2) is 41.6 Å². The number of fused-ring (bicyclic) bond motifs is 2. The molecule has 3 aromatic rings. The first-order valence-electron chi connectivity index (χ1n) is 7.97. The van der Waals surface area contributed by atoms with Gasteiger partial charge in [0.05, 0.1) is 17.8 Å². The first-order chi connectivity index (χ1) is 12.7. The van der Waals surface area contributed by atoms with Gasteiger partial charge in [-0.1, -0.05) is 0 Å². The van der Waals surface area contributed by atoms with Crippen LogP contribution in [-0.2, 0) is 11.2 Å². The number of aryl methyl sites for hydroxylation is 1. The van der Waals surface area contributed by atoms with Crippen LogP contribution in [0.15, 0.2) is 12.5 Å². The summed E-state index contributed by atoms with van der Waals surface area (Å²) in [4.78, 5) is 28.4. The normalized spacial score (nSPS) is 16.6. The molecule has 0 saturated carbocycles. The maximum Gasteiger partial charge on any atom is 0.389 e. The van der Waals surface area contributed by atoms with Crippen LogP contribution in [0.1, 0.15) is 30.5 Å². The lowest BCUT2D eigenvalue weighted by Gasteiger charge is -2.10. The molecule has 3 N–H and O–H groups in total. The SMILES string of the molecule is C[C@H]1C(=O)Nc2nc(-c3cn4ncnc4c(CCC(F)(F)F)n3)nc(N)c21. The number of nitrogens with zero attached hydrogens (tertiary/aromatic N) is 6. The lowest BCUT2D eigenvalue weighted by Crippen LogP contribution is -2.11. The Morgan fingerprint density at radius 2 is 2.07 bits per heavy atom. The zero-order chi connectivity index (χ0) is 19.3. The number of carbonyl (C=O) groups excluding carboxylic acids is 1. The molecule has 12 heteroatoms. The molecule has 9 nitrogen and oxygen atoms in total. The number of alkyl halides is 3. The standard InChI is InChI=1S/C15H13F3N8O/c1-6-9-10(19)23-11(24-12(9)25-14(6)27)8-4-26-13(20-5-21-26)7(22-8)2-3-15(16,17)18/h4-6H,2-3H2,1H3,(H3,19,23,24,25,27)/t6-/m1/s1. The van der Waals surface area contributed by atoms with Crippen molar-refractivity contribution in [2.75, 3.05) is 11.1 Å². The zero-order valence-electron chi connectivity index (χ0n) is 13.9. The topological polar surface area (TPSA) is 124 Å². The molecule has 3 aromatic heterocycles. The van der Waals surface area contributed by atoms with Gasteiger partial charge in [-0.3, -0.25) is 4.79 Å². The number of hydrogen-bond donors (Lipinski definition) is 2. The van der Waals surface area contributed by atoms with E-state index < -0.39 is 18.5 Å². The van der Waals surface area contributed by atoms with Crippen LogP contribution >= 0.6 is 0 Å². The summed E-state index contributed by atoms with van der Waals surface area (Å²) in [5, 5.41) is 6.57. The molecule has 1 amide bonds. The van der Waals surface area contributed by atoms with Crippen molar-refractivity contribution < 1.29 is 18.0 Å². The van der Waals surface area contributed by atoms with Gasteiger partial charge in [0.25, 0.3) is 0 Å². The maximum absolute atomic E-state index is 12.6. The van der Waals surface area contributed by atoms with Crippen molar-refractivity contribution in [1.82, 2.24) is 29.5 Å². The van der Waals surface area contributed by atoms with Crippen LogP contribution in [0.2, 0.25) is 0 Å². The van der Waals surface area contributed by atoms with E-state index >= 15 is 0 Å². The van der Waals surface area contributed by atoms with Crippen molar-refractivity contribution >= 4 is 23.2 Å². The molecule has 0 bridgehead atoms. The number of amides is 1. The fourth-order valence-corrected chi connectivity index (χ4v) is 2.91. The summed E-state index contributed by atoms with van der Waals surface area (Å²) in [5.74, 6) is -0.285. The summed E-state index contributed by atoms with van der Waals surface area (Å²) in [6, 6.07) is 0. The van der Waals surface area contributed by atoms with E-state index in [1.165, 1.54) is 17.0 Å². The van der Waals surface area contributed by atoms with E-state index in [2.05, 4.69) is 30.4 Å². The quantitative estimate of drug-likeness (QED) is 0.711. The Kier molecular flexibility index (Phi) is 3.71. The fraction of sp³-hybridized carbons (Fsp3) is 0.333. The molecule has 0 saturated heterocycles. The van der Waals surface area contributed by atoms with Crippen molar-refractivity contribution in [3.8, 4) is 11.5 Å². The molecule has 1 aliphatic rings. The number of rotatable bonds is 3. The van der Waals surface area contributed by atoms with Gasteiger partial charge < -0.3 is 11.1 Å². The predicted molar refractivity (Wildman–Crippen MR) is 87.6 cm³/mol. The molecule has 0 fully saturated rings. The minimum absolute atomic E-state index is 0.0753. The number of aromatic nitrogens is 6. The van der Waals surface area contributed by atoms with Crippen LogP contribution in [0.5, 0.6) is 0 Å². The van der Waals surface area contributed by atoms with E-state index in [4.69, 9.17) is 5.73 Å². The van der Waals surface area contributed by atoms with Gasteiger partial charge in [-0.05, 0) is 6.92 Å². The molecular formula is C15H13F3N8O. The largest absolute Gasteiger partial charge is 0.389 e. The van der Waals surface area contributed by atoms with E-state index in [0.29, 0.717) is 5.56 Å². The Morgan fingerprint density at radius 1 is 1.30 bits per heavy atom. The molecule has 0 spiro atoms. The second kappa shape index (κ2) is 5.86. The maximum atomic E-state index is 12.6. The zero-order valence-corrected chi connectivity index (χ0v) is 13.9. The number of nitrogens with two attached hydrogens (primary N) is 1. The van der Waals surface area contributed by atoms with Crippen LogP contribution in [0.3, 0.4) is 0 Å². The third-order valence-electron chi connectivity index (χ3n) is 4.25. The van der Waals surface area contributed by atoms with Crippen molar-refractivity contribution in [2.24, 2.45) is 0 Å². The van der Waals surface area contributed by atoms with Crippen LogP contribution < -0.4 is 11.1 Å². The van der Waals surface area contributed by atoms with Gasteiger partial charge >= 0.3 is 6.18 Å². The minimum atomic E-state index is -4.33. The highest BCUT2D eigenvalue weighted by molar-refractivity contribution is 6.03. The Balaban J connectivity index is 1.80. The molecule has 4 heterocycles. The molecule has 4 rings (SSSR count). The summed E-state index contributed by atoms with van der Waals surface area (Å²) in [5.41, 5.74) is 6.95. The average Bonchev–Trinajstić information content (AvgIpc) is 3.16. The molecule has 0 aromatic carbocycles. The summed E-state index contributed by atoms with van der Waals surface area (Å²) in [6.07, 6.45) is -3.08. The molecular weight excluding hydrogens is 365 g/mol. The van der Waals surface area contributed by atoms with Crippen molar-refractivity contribution in [3.63, 3.8) is 0 Å². The van der Waals surface area contributed by atoms with Crippen molar-refractivity contribution in [3.05, 3.63) is 23.8 Å². The Bertz CT molecular complexity index is 1060. The number of halogens is 3. The van der Waals surface area contributed by atoms with Crippen molar-refractivity contribution in [1.29, 1.82) is 0 Å². The molecule has 0 aliphatic carbocycles. The number of nitrogens with one attached hydrogen (secondary N) is 1. The predicted octanol–water partition coefficient (Wildman–Crippen LogP) is 1.71. The van der Waals surface area contributed by atoms with E-state index in [1.54, 1.807) is 6.92 Å². The smallest absolute Gasteiger partial charge is 0.383 e. The molecule has 140 valence electrons. The third kappa shape index (κ3) is 3.02. The van der Waals surface area contributed by atoms with E-state index in [0.717, 1.165) is 0 Å². The Hall–Kier alpha value is -3.31. The van der Waals surface area contributed by atoms with Gasteiger partial charge in [0.1, 0.15) is 23.7 Å². The summed E-state index contributed by atoms with van der Waals surface area (Å²) in [6.45, 7) is 1.68. The highest BCUT2D eigenvalue weighted by atomic mass is 19.4. The number of anilines is 2. The van der Waals surface area contributed by atoms with Crippen LogP contribution in [0.25, 0.3) is 17.2 Å². The van der Waals surface area contributed by atoms with Gasteiger partial charge in [-0.2, -0.15) is 18.3 Å². The van der Waals surface area contributed by atoms with Crippen molar-refractivity contribution in [2.45, 2.75) is 31.9 Å². The Morgan fingerprint density at radius 3 is 2.81 bits per heavy atom. The lowest BCUT2D eigenvalue weighted by molar-refractivity contribution is -0.134. The average molecular weight is 378 g/mol. The highest BCUT2D eigenvalue weighted by Gasteiger charge is 2.32. The van der Waals surface area contributed by atoms with E-state index in [9.17, 15) is 18.0 Å². The van der Waals surface area contributed by atoms with Gasteiger partial charge in [0.15, 0.2) is 11.5 Å². The van der Waals surface area contributed by atoms with Gasteiger partial charge in [0.2, 0.25) is 5.91 Å². The monoisotopic (exact) mass is 378 g/mol. The van der Waals surface area contributed by atoms with Gasteiger partial charge in [-0.15, -0.1) is 0 Å². The number of nitrogen functional groups attached to an aromatic ring is 1. The van der Waals surface area contributed by atoms with Crippen LogP contribution in [0, 0.1) is 0 Å². The second-order valence-electron chi connectivity index (χ2n) is 6.12.